The van der Waals surface area contributed by atoms with Crippen LogP contribution in [0.15, 0.2) is 0 Å². The Morgan fingerprint density at radius 2 is 1.79 bits per heavy atom. The third kappa shape index (κ3) is 3.24. The number of halogens is 1. The van der Waals surface area contributed by atoms with Crippen LogP contribution in [0, 0.1) is 6.92 Å². The van der Waals surface area contributed by atoms with Crippen molar-refractivity contribution in [1.82, 2.24) is 15.2 Å². The number of aryl methyl sites for hydroxylation is 1. The minimum atomic E-state index is 0. The summed E-state index contributed by atoms with van der Waals surface area (Å²) in [5, 5.41) is 3.61. The number of nitrogens with zero attached hydrogens (tertiary/aromatic N) is 1. The average molecular weight is 354 g/mol. The van der Waals surface area contributed by atoms with Crippen molar-refractivity contribution in [3.8, 4) is 0 Å². The number of ketones is 1. The largest absolute Gasteiger partial charge is 0.354 e. The first-order chi connectivity index (χ1) is 10.9. The molecule has 0 saturated carbocycles. The number of hydrogen-bond donors (Lipinski definition) is 2. The Labute approximate surface area is 150 Å². The van der Waals surface area contributed by atoms with Gasteiger partial charge in [0, 0.05) is 36.4 Å². The Morgan fingerprint density at radius 3 is 2.29 bits per heavy atom. The fourth-order valence-electron chi connectivity index (χ4n) is 4.38. The summed E-state index contributed by atoms with van der Waals surface area (Å²) in [6.45, 7) is 5.44. The van der Waals surface area contributed by atoms with Gasteiger partial charge in [-0.2, -0.15) is 0 Å². The number of fused-ring (bicyclic) bond motifs is 2. The lowest BCUT2D eigenvalue weighted by Gasteiger charge is -2.35. The molecule has 0 spiro atoms. The lowest BCUT2D eigenvalue weighted by Crippen LogP contribution is -2.48. The van der Waals surface area contributed by atoms with Gasteiger partial charge in [-0.3, -0.25) is 9.59 Å². The van der Waals surface area contributed by atoms with Gasteiger partial charge in [0.05, 0.1) is 0 Å². The third-order valence-corrected chi connectivity index (χ3v) is 5.53. The first-order valence-corrected chi connectivity index (χ1v) is 8.67. The van der Waals surface area contributed by atoms with E-state index in [1.807, 2.05) is 25.8 Å². The molecule has 2 atom stereocenters. The molecule has 6 heteroatoms. The minimum absolute atomic E-state index is 0. The highest BCUT2D eigenvalue weighted by atomic mass is 35.5. The van der Waals surface area contributed by atoms with E-state index < -0.39 is 0 Å². The highest BCUT2D eigenvalue weighted by Crippen LogP contribution is 2.30. The molecule has 134 valence electrons. The van der Waals surface area contributed by atoms with Gasteiger partial charge in [-0.15, -0.1) is 12.4 Å². The lowest BCUT2D eigenvalue weighted by atomic mass is 9.97. The molecule has 3 rings (SSSR count). The van der Waals surface area contributed by atoms with Crippen LogP contribution in [-0.4, -0.2) is 46.7 Å². The second-order valence-corrected chi connectivity index (χ2v) is 7.07. The molecule has 0 radical (unpaired) electrons. The highest BCUT2D eigenvalue weighted by Gasteiger charge is 2.37. The maximum Gasteiger partial charge on any atom is 0.270 e. The summed E-state index contributed by atoms with van der Waals surface area (Å²) >= 11 is 0. The average Bonchev–Trinajstić information content (AvgIpc) is 3.04. The number of hydrogen-bond acceptors (Lipinski definition) is 3. The van der Waals surface area contributed by atoms with Crippen LogP contribution < -0.4 is 5.32 Å². The van der Waals surface area contributed by atoms with Crippen molar-refractivity contribution < 1.29 is 9.59 Å². The number of aromatic amines is 1. The van der Waals surface area contributed by atoms with E-state index in [1.54, 1.807) is 6.92 Å². The lowest BCUT2D eigenvalue weighted by molar-refractivity contribution is 0.0675. The van der Waals surface area contributed by atoms with Crippen LogP contribution in [-0.2, 0) is 6.42 Å². The third-order valence-electron chi connectivity index (χ3n) is 5.53. The molecule has 2 unspecified atom stereocenters. The molecule has 2 bridgehead atoms. The van der Waals surface area contributed by atoms with Gasteiger partial charge < -0.3 is 15.2 Å². The quantitative estimate of drug-likeness (QED) is 0.818. The Balaban J connectivity index is 0.00000208. The predicted molar refractivity (Wildman–Crippen MR) is 97.2 cm³/mol. The molecule has 2 N–H and O–H groups in total. The molecule has 3 heterocycles. The summed E-state index contributed by atoms with van der Waals surface area (Å²) in [7, 11) is 1.90. The van der Waals surface area contributed by atoms with Gasteiger partial charge >= 0.3 is 0 Å². The molecule has 2 aliphatic rings. The van der Waals surface area contributed by atoms with E-state index >= 15 is 0 Å². The summed E-state index contributed by atoms with van der Waals surface area (Å²) in [5.74, 6) is 0.0426. The second kappa shape index (κ2) is 7.28. The SMILES string of the molecule is CCc1c(C(=O)N(C)C2CC3CCC(C2)N3)[nH]c(C)c1C(C)=O.Cl. The molecule has 5 nitrogen and oxygen atoms in total. The zero-order chi connectivity index (χ0) is 16.7. The van der Waals surface area contributed by atoms with E-state index in [-0.39, 0.29) is 30.1 Å². The zero-order valence-corrected chi connectivity index (χ0v) is 15.8. The van der Waals surface area contributed by atoms with Crippen LogP contribution in [0.3, 0.4) is 0 Å². The number of carbonyl (C=O) groups is 2. The molecule has 2 aliphatic heterocycles. The van der Waals surface area contributed by atoms with Gasteiger partial charge in [0.25, 0.3) is 5.91 Å². The summed E-state index contributed by atoms with van der Waals surface area (Å²) in [6.07, 6.45) is 5.18. The normalized spacial score (nSPS) is 25.2. The topological polar surface area (TPSA) is 65.2 Å². The van der Waals surface area contributed by atoms with E-state index in [4.69, 9.17) is 0 Å². The molecule has 2 fully saturated rings. The van der Waals surface area contributed by atoms with Gasteiger partial charge in [-0.05, 0) is 51.5 Å². The van der Waals surface area contributed by atoms with E-state index in [1.165, 1.54) is 12.8 Å². The molecule has 24 heavy (non-hydrogen) atoms. The molecule has 0 aromatic carbocycles. The van der Waals surface area contributed by atoms with Crippen LogP contribution in [0.25, 0.3) is 0 Å². The van der Waals surface area contributed by atoms with Crippen LogP contribution in [0.2, 0.25) is 0 Å². The first kappa shape index (κ1) is 19.0. The fourth-order valence-corrected chi connectivity index (χ4v) is 4.38. The number of nitrogens with one attached hydrogen (secondary N) is 2. The Kier molecular flexibility index (Phi) is 5.76. The van der Waals surface area contributed by atoms with Crippen molar-refractivity contribution in [1.29, 1.82) is 0 Å². The molecular weight excluding hydrogens is 326 g/mol. The molecule has 1 amide bonds. The van der Waals surface area contributed by atoms with Crippen molar-refractivity contribution in [3.63, 3.8) is 0 Å². The summed E-state index contributed by atoms with van der Waals surface area (Å²) in [4.78, 5) is 30.0. The van der Waals surface area contributed by atoms with Crippen LogP contribution >= 0.6 is 12.4 Å². The van der Waals surface area contributed by atoms with Crippen LogP contribution in [0.4, 0.5) is 0 Å². The smallest absolute Gasteiger partial charge is 0.270 e. The summed E-state index contributed by atoms with van der Waals surface area (Å²) in [5.41, 5.74) is 2.96. The van der Waals surface area contributed by atoms with Crippen molar-refractivity contribution in [2.45, 2.75) is 71.0 Å². The number of Topliss-reactive ketones (excluding diaryl/α,β-unsaturated/α-hetero) is 1. The minimum Gasteiger partial charge on any atom is -0.354 e. The maximum atomic E-state index is 13.0. The molecule has 1 aromatic heterocycles. The Bertz CT molecular complexity index is 628. The fraction of sp³-hybridized carbons (Fsp3) is 0.667. The van der Waals surface area contributed by atoms with Gasteiger partial charge in [0.1, 0.15) is 5.69 Å². The predicted octanol–water partition coefficient (Wildman–Crippen LogP) is 2.86. The molecule has 0 aliphatic carbocycles. The van der Waals surface area contributed by atoms with Crippen LogP contribution in [0.1, 0.15) is 71.6 Å². The van der Waals surface area contributed by atoms with E-state index in [2.05, 4.69) is 10.3 Å². The highest BCUT2D eigenvalue weighted by molar-refractivity contribution is 6.02. The van der Waals surface area contributed by atoms with Crippen molar-refractivity contribution in [3.05, 3.63) is 22.5 Å². The maximum absolute atomic E-state index is 13.0. The molecule has 1 aromatic rings. The van der Waals surface area contributed by atoms with Gasteiger partial charge in [0.15, 0.2) is 5.78 Å². The number of piperidine rings is 1. The Hall–Kier alpha value is -1.33. The van der Waals surface area contributed by atoms with E-state index in [9.17, 15) is 9.59 Å². The standard InChI is InChI=1S/C18H27N3O2.ClH/c1-5-15-16(11(3)22)10(2)19-17(15)18(23)21(4)14-8-12-6-7-13(9-14)20-12;/h12-14,19-20H,5-9H2,1-4H3;1H. The second-order valence-electron chi connectivity index (χ2n) is 7.07. The van der Waals surface area contributed by atoms with Gasteiger partial charge in [-0.25, -0.2) is 0 Å². The molecular formula is C18H28ClN3O2. The summed E-state index contributed by atoms with van der Waals surface area (Å²) < 4.78 is 0. The summed E-state index contributed by atoms with van der Waals surface area (Å²) in [6, 6.07) is 1.39. The van der Waals surface area contributed by atoms with Crippen molar-refractivity contribution >= 4 is 24.1 Å². The first-order valence-electron chi connectivity index (χ1n) is 8.67. The molecule has 2 saturated heterocycles. The van der Waals surface area contributed by atoms with Crippen LogP contribution in [0.5, 0.6) is 0 Å². The zero-order valence-electron chi connectivity index (χ0n) is 14.9. The van der Waals surface area contributed by atoms with E-state index in [0.717, 1.165) is 24.1 Å². The number of H-pyrrole nitrogens is 1. The van der Waals surface area contributed by atoms with Crippen molar-refractivity contribution in [2.75, 3.05) is 7.05 Å². The Morgan fingerprint density at radius 1 is 1.21 bits per heavy atom. The van der Waals surface area contributed by atoms with Gasteiger partial charge in [0.2, 0.25) is 0 Å². The number of rotatable bonds is 4. The van der Waals surface area contributed by atoms with E-state index in [0.29, 0.717) is 29.8 Å². The monoisotopic (exact) mass is 353 g/mol. The number of aromatic nitrogens is 1. The van der Waals surface area contributed by atoms with Gasteiger partial charge in [-0.1, -0.05) is 6.92 Å². The van der Waals surface area contributed by atoms with Crippen molar-refractivity contribution in [2.24, 2.45) is 0 Å². The number of carbonyl (C=O) groups excluding carboxylic acids is 2. The number of amides is 1.